The number of alkyl halides is 3. The molecule has 0 radical (unpaired) electrons. The van der Waals surface area contributed by atoms with Crippen molar-refractivity contribution in [3.8, 4) is 0 Å². The van der Waals surface area contributed by atoms with E-state index in [4.69, 9.17) is 0 Å². The Hall–Kier alpha value is -1.67. The van der Waals surface area contributed by atoms with E-state index in [1.54, 1.807) is 11.4 Å². The Bertz CT molecular complexity index is 719. The molecular weight excluding hydrogens is 311 g/mol. The second-order valence-corrected chi connectivity index (χ2v) is 6.57. The number of benzene rings is 1. The van der Waals surface area contributed by atoms with Crippen molar-refractivity contribution in [3.05, 3.63) is 52.9 Å². The molecule has 0 N–H and O–H groups in total. The quantitative estimate of drug-likeness (QED) is 0.812. The number of rotatable bonds is 3. The molecule has 20 heavy (non-hydrogen) atoms. The van der Waals surface area contributed by atoms with Gasteiger partial charge in [-0.3, -0.25) is 0 Å². The summed E-state index contributed by atoms with van der Waals surface area (Å²) in [6.45, 7) is 0. The second kappa shape index (κ2) is 5.37. The van der Waals surface area contributed by atoms with E-state index in [9.17, 15) is 21.6 Å². The number of thiophene rings is 1. The third-order valence-electron chi connectivity index (χ3n) is 2.30. The van der Waals surface area contributed by atoms with Gasteiger partial charge in [-0.2, -0.15) is 26.0 Å². The maximum Gasteiger partial charge on any atom is 0.416 e. The Morgan fingerprint density at radius 2 is 1.90 bits per heavy atom. The number of hydrogen-bond acceptors (Lipinski definition) is 3. The molecule has 2 aromatic rings. The standard InChI is InChI=1S/C12H8F3NO2S2/c13-12(14,15)10-4-1-3-9(7-10)8-16-20(17,18)11-5-2-6-19-11/h1-8H/b16-8-. The van der Waals surface area contributed by atoms with Crippen LogP contribution in [0.5, 0.6) is 0 Å². The summed E-state index contributed by atoms with van der Waals surface area (Å²) < 4.78 is 64.4. The summed E-state index contributed by atoms with van der Waals surface area (Å²) in [5, 5.41) is 1.58. The Morgan fingerprint density at radius 1 is 1.15 bits per heavy atom. The summed E-state index contributed by atoms with van der Waals surface area (Å²) >= 11 is 0.991. The molecule has 0 spiro atoms. The molecule has 0 amide bonds. The number of sulfonamides is 1. The topological polar surface area (TPSA) is 46.5 Å². The minimum absolute atomic E-state index is 0.0423. The highest BCUT2D eigenvalue weighted by Gasteiger charge is 2.30. The molecule has 0 atom stereocenters. The van der Waals surface area contributed by atoms with Crippen molar-refractivity contribution in [2.45, 2.75) is 10.4 Å². The molecule has 0 saturated carbocycles. The first kappa shape index (κ1) is 14.7. The first-order valence-corrected chi connectivity index (χ1v) is 7.62. The molecule has 1 aromatic carbocycles. The van der Waals surface area contributed by atoms with E-state index in [1.807, 2.05) is 0 Å². The number of nitrogens with zero attached hydrogens (tertiary/aromatic N) is 1. The third kappa shape index (κ3) is 3.45. The van der Waals surface area contributed by atoms with Gasteiger partial charge >= 0.3 is 6.18 Å². The van der Waals surface area contributed by atoms with Crippen LogP contribution in [-0.4, -0.2) is 14.6 Å². The summed E-state index contributed by atoms with van der Waals surface area (Å²) in [6.07, 6.45) is -3.57. The summed E-state index contributed by atoms with van der Waals surface area (Å²) in [7, 11) is -3.86. The Morgan fingerprint density at radius 3 is 2.50 bits per heavy atom. The van der Waals surface area contributed by atoms with Gasteiger partial charge in [-0.1, -0.05) is 18.2 Å². The van der Waals surface area contributed by atoms with Gasteiger partial charge in [0.15, 0.2) is 0 Å². The fourth-order valence-electron chi connectivity index (χ4n) is 1.39. The molecule has 0 aliphatic heterocycles. The molecule has 1 aromatic heterocycles. The lowest BCUT2D eigenvalue weighted by Crippen LogP contribution is -2.05. The minimum atomic E-state index is -4.48. The Balaban J connectivity index is 2.29. The van der Waals surface area contributed by atoms with Crippen LogP contribution in [0.25, 0.3) is 0 Å². The van der Waals surface area contributed by atoms with Crippen LogP contribution in [0, 0.1) is 0 Å². The van der Waals surface area contributed by atoms with Crippen LogP contribution in [0.3, 0.4) is 0 Å². The van der Waals surface area contributed by atoms with Crippen molar-refractivity contribution >= 4 is 27.6 Å². The number of halogens is 3. The number of hydrogen-bond donors (Lipinski definition) is 0. The van der Waals surface area contributed by atoms with Crippen LogP contribution in [-0.2, 0) is 16.2 Å². The Labute approximate surface area is 117 Å². The maximum atomic E-state index is 12.5. The van der Waals surface area contributed by atoms with E-state index in [2.05, 4.69) is 4.40 Å². The molecule has 0 aliphatic rings. The zero-order chi connectivity index (χ0) is 14.8. The van der Waals surface area contributed by atoms with Crippen LogP contribution >= 0.6 is 11.3 Å². The highest BCUT2D eigenvalue weighted by Crippen LogP contribution is 2.29. The smallest absolute Gasteiger partial charge is 0.198 e. The van der Waals surface area contributed by atoms with Gasteiger partial charge in [0.1, 0.15) is 4.21 Å². The lowest BCUT2D eigenvalue weighted by molar-refractivity contribution is -0.137. The highest BCUT2D eigenvalue weighted by molar-refractivity contribution is 7.92. The van der Waals surface area contributed by atoms with Gasteiger partial charge in [0, 0.05) is 6.21 Å². The molecule has 2 rings (SSSR count). The SMILES string of the molecule is O=S(=O)(/N=C\c1cccc(C(F)(F)F)c1)c1cccs1. The van der Waals surface area contributed by atoms with Gasteiger partial charge in [0.25, 0.3) is 10.0 Å². The van der Waals surface area contributed by atoms with Gasteiger partial charge < -0.3 is 0 Å². The zero-order valence-electron chi connectivity index (χ0n) is 9.83. The van der Waals surface area contributed by atoms with Crippen LogP contribution in [0.15, 0.2) is 50.4 Å². The van der Waals surface area contributed by atoms with Crippen LogP contribution in [0.2, 0.25) is 0 Å². The summed E-state index contributed by atoms with van der Waals surface area (Å²) in [5.41, 5.74) is -0.782. The second-order valence-electron chi connectivity index (χ2n) is 3.76. The van der Waals surface area contributed by atoms with Gasteiger partial charge in [0.05, 0.1) is 5.56 Å². The molecule has 0 saturated heterocycles. The zero-order valence-corrected chi connectivity index (χ0v) is 11.5. The van der Waals surface area contributed by atoms with Gasteiger partial charge in [0.2, 0.25) is 0 Å². The van der Waals surface area contributed by atoms with Crippen molar-refractivity contribution in [2.24, 2.45) is 4.40 Å². The predicted molar refractivity (Wildman–Crippen MR) is 70.5 cm³/mol. The lowest BCUT2D eigenvalue weighted by atomic mass is 10.1. The summed E-state index contributed by atoms with van der Waals surface area (Å²) in [6, 6.07) is 7.23. The largest absolute Gasteiger partial charge is 0.416 e. The fourth-order valence-corrected chi connectivity index (χ4v) is 3.23. The van der Waals surface area contributed by atoms with E-state index >= 15 is 0 Å². The highest BCUT2D eigenvalue weighted by atomic mass is 32.2. The maximum absolute atomic E-state index is 12.5. The van der Waals surface area contributed by atoms with Gasteiger partial charge in [-0.05, 0) is 29.1 Å². The first-order chi connectivity index (χ1) is 9.29. The van der Waals surface area contributed by atoms with Crippen molar-refractivity contribution in [2.75, 3.05) is 0 Å². The molecule has 0 aliphatic carbocycles. The van der Waals surface area contributed by atoms with Crippen molar-refractivity contribution in [3.63, 3.8) is 0 Å². The lowest BCUT2D eigenvalue weighted by Gasteiger charge is -2.06. The Kier molecular flexibility index (Phi) is 3.96. The van der Waals surface area contributed by atoms with Crippen molar-refractivity contribution in [1.82, 2.24) is 0 Å². The molecule has 3 nitrogen and oxygen atoms in total. The van der Waals surface area contributed by atoms with E-state index in [-0.39, 0.29) is 9.77 Å². The van der Waals surface area contributed by atoms with Crippen LogP contribution < -0.4 is 0 Å². The predicted octanol–water partition coefficient (Wildman–Crippen LogP) is 3.57. The summed E-state index contributed by atoms with van der Waals surface area (Å²) in [4.78, 5) is 0. The molecule has 1 heterocycles. The fraction of sp³-hybridized carbons (Fsp3) is 0.0833. The van der Waals surface area contributed by atoms with Gasteiger partial charge in [-0.25, -0.2) is 0 Å². The first-order valence-electron chi connectivity index (χ1n) is 5.30. The molecule has 8 heteroatoms. The van der Waals surface area contributed by atoms with Crippen molar-refractivity contribution in [1.29, 1.82) is 0 Å². The van der Waals surface area contributed by atoms with Gasteiger partial charge in [-0.15, -0.1) is 11.3 Å². The average molecular weight is 319 g/mol. The van der Waals surface area contributed by atoms with E-state index in [0.717, 1.165) is 29.7 Å². The third-order valence-corrected chi connectivity index (χ3v) is 4.91. The molecule has 106 valence electrons. The van der Waals surface area contributed by atoms with E-state index in [1.165, 1.54) is 18.2 Å². The normalized spacial score (nSPS) is 12.9. The van der Waals surface area contributed by atoms with E-state index in [0.29, 0.717) is 0 Å². The molecular formula is C12H8F3NO2S2. The monoisotopic (exact) mass is 319 g/mol. The molecule has 0 fully saturated rings. The summed E-state index contributed by atoms with van der Waals surface area (Å²) in [5.74, 6) is 0. The van der Waals surface area contributed by atoms with Crippen molar-refractivity contribution < 1.29 is 21.6 Å². The minimum Gasteiger partial charge on any atom is -0.198 e. The average Bonchev–Trinajstić information content (AvgIpc) is 2.90. The molecule has 0 unspecified atom stereocenters. The molecule has 0 bridgehead atoms. The van der Waals surface area contributed by atoms with E-state index < -0.39 is 21.8 Å². The van der Waals surface area contributed by atoms with Crippen LogP contribution in [0.4, 0.5) is 13.2 Å². The van der Waals surface area contributed by atoms with Crippen LogP contribution in [0.1, 0.15) is 11.1 Å².